The van der Waals surface area contributed by atoms with E-state index in [9.17, 15) is 4.79 Å². The summed E-state index contributed by atoms with van der Waals surface area (Å²) in [6.07, 6.45) is 0.905. The first-order valence-electron chi connectivity index (χ1n) is 3.63. The van der Waals surface area contributed by atoms with Crippen molar-refractivity contribution in [1.82, 2.24) is 0 Å². The molecular formula is C9H10OS2. The fraction of sp³-hybridized carbons (Fsp3) is 0.222. The Hall–Kier alpha value is -0.410. The molecule has 0 saturated carbocycles. The molecule has 0 fully saturated rings. The lowest BCUT2D eigenvalue weighted by molar-refractivity contribution is -0.108. The van der Waals surface area contributed by atoms with Crippen molar-refractivity contribution in [1.29, 1.82) is 0 Å². The van der Waals surface area contributed by atoms with Crippen molar-refractivity contribution in [2.75, 3.05) is 0 Å². The third-order valence-corrected chi connectivity index (χ3v) is 2.79. The monoisotopic (exact) mass is 198 g/mol. The Kier molecular flexibility index (Phi) is 3.23. The van der Waals surface area contributed by atoms with Crippen LogP contribution in [-0.4, -0.2) is 6.29 Å². The molecule has 1 rings (SSSR count). The molecule has 0 N–H and O–H groups in total. The van der Waals surface area contributed by atoms with Gasteiger partial charge in [-0.05, 0) is 11.6 Å². The van der Waals surface area contributed by atoms with Gasteiger partial charge in [0.15, 0.2) is 0 Å². The maximum absolute atomic E-state index is 10.5. The van der Waals surface area contributed by atoms with Crippen molar-refractivity contribution in [3.8, 4) is 0 Å². The second-order valence-corrected chi connectivity index (χ2v) is 3.57. The average molecular weight is 198 g/mol. The molecule has 0 aliphatic rings. The highest BCUT2D eigenvalue weighted by Gasteiger charge is 2.08. The standard InChI is InChI=1S/C9H10OS2/c1-6(5-10)7-3-2-4-8(11)9(7)12/h2-6,11-12H,1H3. The van der Waals surface area contributed by atoms with Gasteiger partial charge in [0.05, 0.1) is 0 Å². The molecule has 64 valence electrons. The molecule has 0 amide bonds. The van der Waals surface area contributed by atoms with Crippen LogP contribution >= 0.6 is 25.3 Å². The smallest absolute Gasteiger partial charge is 0.127 e. The molecular weight excluding hydrogens is 188 g/mol. The van der Waals surface area contributed by atoms with Crippen LogP contribution < -0.4 is 0 Å². The molecule has 0 heterocycles. The van der Waals surface area contributed by atoms with Gasteiger partial charge in [-0.1, -0.05) is 19.1 Å². The summed E-state index contributed by atoms with van der Waals surface area (Å²) in [5.74, 6) is -0.107. The normalized spacial score (nSPS) is 12.6. The first-order chi connectivity index (χ1) is 5.66. The summed E-state index contributed by atoms with van der Waals surface area (Å²) in [5.41, 5.74) is 0.931. The quantitative estimate of drug-likeness (QED) is 0.552. The van der Waals surface area contributed by atoms with Crippen LogP contribution in [0.4, 0.5) is 0 Å². The zero-order valence-electron chi connectivity index (χ0n) is 6.69. The summed E-state index contributed by atoms with van der Waals surface area (Å²) in [4.78, 5) is 12.1. The number of hydrogen-bond donors (Lipinski definition) is 2. The van der Waals surface area contributed by atoms with Gasteiger partial charge in [-0.25, -0.2) is 0 Å². The lowest BCUT2D eigenvalue weighted by Gasteiger charge is -2.08. The van der Waals surface area contributed by atoms with Crippen LogP contribution in [-0.2, 0) is 4.79 Å². The van der Waals surface area contributed by atoms with Gasteiger partial charge in [-0.2, -0.15) is 0 Å². The number of carbonyl (C=O) groups excluding carboxylic acids is 1. The van der Waals surface area contributed by atoms with Crippen LogP contribution in [0.15, 0.2) is 28.0 Å². The van der Waals surface area contributed by atoms with Gasteiger partial charge in [0.2, 0.25) is 0 Å². The molecule has 0 spiro atoms. The van der Waals surface area contributed by atoms with E-state index in [-0.39, 0.29) is 5.92 Å². The van der Waals surface area contributed by atoms with Crippen molar-refractivity contribution in [2.24, 2.45) is 0 Å². The number of carbonyl (C=O) groups is 1. The van der Waals surface area contributed by atoms with Crippen LogP contribution in [0.25, 0.3) is 0 Å². The van der Waals surface area contributed by atoms with Crippen LogP contribution in [0.2, 0.25) is 0 Å². The Morgan fingerprint density at radius 2 is 2.08 bits per heavy atom. The van der Waals surface area contributed by atoms with Crippen LogP contribution in [0.5, 0.6) is 0 Å². The summed E-state index contributed by atoms with van der Waals surface area (Å²) >= 11 is 8.48. The third kappa shape index (κ3) is 1.84. The fourth-order valence-corrected chi connectivity index (χ4v) is 1.56. The molecule has 12 heavy (non-hydrogen) atoms. The first kappa shape index (κ1) is 9.68. The van der Waals surface area contributed by atoms with Crippen molar-refractivity contribution in [2.45, 2.75) is 22.6 Å². The van der Waals surface area contributed by atoms with E-state index >= 15 is 0 Å². The highest BCUT2D eigenvalue weighted by Crippen LogP contribution is 2.26. The largest absolute Gasteiger partial charge is 0.303 e. The number of hydrogen-bond acceptors (Lipinski definition) is 3. The number of aldehydes is 1. The maximum atomic E-state index is 10.5. The molecule has 1 aromatic carbocycles. The highest BCUT2D eigenvalue weighted by molar-refractivity contribution is 7.83. The lowest BCUT2D eigenvalue weighted by Crippen LogP contribution is -1.95. The predicted octanol–water partition coefficient (Wildman–Crippen LogP) is 2.57. The molecule has 0 aliphatic heterocycles. The van der Waals surface area contributed by atoms with E-state index in [1.807, 2.05) is 25.1 Å². The Balaban J connectivity index is 3.15. The molecule has 0 bridgehead atoms. The van der Waals surface area contributed by atoms with E-state index in [2.05, 4.69) is 25.3 Å². The van der Waals surface area contributed by atoms with Crippen molar-refractivity contribution in [3.63, 3.8) is 0 Å². The van der Waals surface area contributed by atoms with Gasteiger partial charge < -0.3 is 4.79 Å². The summed E-state index contributed by atoms with van der Waals surface area (Å²) in [7, 11) is 0. The Labute approximate surface area is 83.0 Å². The van der Waals surface area contributed by atoms with Gasteiger partial charge in [-0.3, -0.25) is 0 Å². The van der Waals surface area contributed by atoms with Gasteiger partial charge in [0.25, 0.3) is 0 Å². The number of benzene rings is 1. The maximum Gasteiger partial charge on any atom is 0.127 e. The Morgan fingerprint density at radius 3 is 2.67 bits per heavy atom. The second kappa shape index (κ2) is 4.01. The minimum Gasteiger partial charge on any atom is -0.303 e. The molecule has 0 aliphatic carbocycles. The lowest BCUT2D eigenvalue weighted by atomic mass is 10.0. The van der Waals surface area contributed by atoms with E-state index < -0.39 is 0 Å². The van der Waals surface area contributed by atoms with E-state index in [0.717, 1.165) is 21.6 Å². The summed E-state index contributed by atoms with van der Waals surface area (Å²) in [6, 6.07) is 5.62. The molecule has 0 aromatic heterocycles. The zero-order valence-corrected chi connectivity index (χ0v) is 8.48. The predicted molar refractivity (Wildman–Crippen MR) is 55.4 cm³/mol. The van der Waals surface area contributed by atoms with Crippen molar-refractivity contribution >= 4 is 31.5 Å². The summed E-state index contributed by atoms with van der Waals surface area (Å²) in [6.45, 7) is 1.84. The highest BCUT2D eigenvalue weighted by atomic mass is 32.1. The zero-order chi connectivity index (χ0) is 9.14. The average Bonchev–Trinajstić information content (AvgIpc) is 2.08. The van der Waals surface area contributed by atoms with Crippen molar-refractivity contribution in [3.05, 3.63) is 23.8 Å². The Bertz CT molecular complexity index is 297. The molecule has 3 heteroatoms. The van der Waals surface area contributed by atoms with Gasteiger partial charge >= 0.3 is 0 Å². The van der Waals surface area contributed by atoms with Gasteiger partial charge in [0, 0.05) is 15.7 Å². The summed E-state index contributed by atoms with van der Waals surface area (Å²) in [5, 5.41) is 0. The minimum atomic E-state index is -0.107. The number of thiol groups is 2. The number of rotatable bonds is 2. The molecule has 0 radical (unpaired) electrons. The summed E-state index contributed by atoms with van der Waals surface area (Å²) < 4.78 is 0. The van der Waals surface area contributed by atoms with Crippen LogP contribution in [0.1, 0.15) is 18.4 Å². The van der Waals surface area contributed by atoms with E-state index in [1.165, 1.54) is 0 Å². The van der Waals surface area contributed by atoms with E-state index in [0.29, 0.717) is 0 Å². The Morgan fingerprint density at radius 1 is 1.42 bits per heavy atom. The topological polar surface area (TPSA) is 17.1 Å². The van der Waals surface area contributed by atoms with Crippen LogP contribution in [0, 0.1) is 0 Å². The minimum absolute atomic E-state index is 0.107. The fourth-order valence-electron chi connectivity index (χ4n) is 0.989. The van der Waals surface area contributed by atoms with E-state index in [1.54, 1.807) is 0 Å². The second-order valence-electron chi connectivity index (χ2n) is 2.64. The van der Waals surface area contributed by atoms with Gasteiger partial charge in [0.1, 0.15) is 6.29 Å². The van der Waals surface area contributed by atoms with Gasteiger partial charge in [-0.15, -0.1) is 25.3 Å². The first-order valence-corrected chi connectivity index (χ1v) is 4.52. The molecule has 0 saturated heterocycles. The molecule has 1 atom stereocenters. The molecule has 1 aromatic rings. The van der Waals surface area contributed by atoms with E-state index in [4.69, 9.17) is 0 Å². The third-order valence-electron chi connectivity index (χ3n) is 1.74. The SMILES string of the molecule is CC(C=O)c1cccc(S)c1S. The molecule has 1 nitrogen and oxygen atoms in total. The molecule has 1 unspecified atom stereocenters. The van der Waals surface area contributed by atoms with Crippen LogP contribution in [0.3, 0.4) is 0 Å². The van der Waals surface area contributed by atoms with Crippen molar-refractivity contribution < 1.29 is 4.79 Å².